The summed E-state index contributed by atoms with van der Waals surface area (Å²) in [6, 6.07) is 32.1. The molecule has 0 aromatic heterocycles. The first kappa shape index (κ1) is 86.9. The molecule has 6 aliphatic carbocycles. The molecule has 2 amide bonds. The van der Waals surface area contributed by atoms with Gasteiger partial charge in [0.25, 0.3) is 0 Å². The van der Waals surface area contributed by atoms with Gasteiger partial charge in [-0.15, -0.1) is 0 Å². The molecular weight excluding hydrogens is 1430 g/mol. The van der Waals surface area contributed by atoms with Gasteiger partial charge in [-0.3, -0.25) is 19.3 Å². The van der Waals surface area contributed by atoms with Gasteiger partial charge in [0.05, 0.1) is 49.7 Å². The maximum absolute atomic E-state index is 13.9. The summed E-state index contributed by atoms with van der Waals surface area (Å²) in [6.45, 7) is 30.7. The summed E-state index contributed by atoms with van der Waals surface area (Å²) in [7, 11) is 8.08. The normalized spacial score (nSPS) is 30.1. The number of ether oxygens (including phenoxy) is 1. The number of fused-ring (bicyclic) bond motifs is 4. The standard InChI is InChI=1S/C35H52N4O4.C24H35IN2O4.C17H29BN2O2.C4H8O2.2CH4/c1-22-29-18-27(35(29,3)4)19-30(22)37-34(42)33-32(23(2)41)31(21-40)43-39(33)20-24-9-7-10-26(17-24)25-11-13-28(14-12-25)36-15-8-16-38(5)6;1-13-18-9-16(24(18,3)4)10-19(13)26-23(30)22-21(14(2)29)20(12-28)31-27(22)11-15-6-5-7-17(25)8-15;1-16(2)17(3,4)22-18(21-16)14-8-10-15(11-9-14)19-12-7-13-20(5)6;5-4-2-1-3-6-4;;/h7,9-14,17,22-23,27,29-33,36,40-41H,8,15-16,18-21H2,1-6H3,(H,37,42);5-8,13-14,16,18-22,28-29H,9-12H2,1-4H3,(H,26,30);8-11,19H,7,12-13H2,1-6H3;4-5H,1-3H2;2*1H4/t22-,23-,27-,29+,30?,31-,32+,33-;13-,14-,16-,18+,19?,20-,21+,22-;;;;/m00..../s1. The molecule has 17 atom stereocenters. The van der Waals surface area contributed by atoms with Crippen molar-refractivity contribution in [1.29, 1.82) is 0 Å². The number of hydroxylamine groups is 4. The number of carbonyl (C=O) groups is 2. The maximum atomic E-state index is 13.9. The molecule has 22 heteroatoms. The number of aliphatic hydroxyl groups excluding tert-OH is 5. The minimum Gasteiger partial charge on any atom is -0.399 e. The van der Waals surface area contributed by atoms with Crippen molar-refractivity contribution in [3.8, 4) is 11.1 Å². The van der Waals surface area contributed by atoms with Crippen LogP contribution in [0.5, 0.6) is 0 Å². The lowest BCUT2D eigenvalue weighted by Gasteiger charge is -2.62. The number of nitrogens with one attached hydrogen (secondary N) is 4. The molecule has 104 heavy (non-hydrogen) atoms. The van der Waals surface area contributed by atoms with Gasteiger partial charge < -0.3 is 70.6 Å². The molecule has 10 aliphatic rings. The highest BCUT2D eigenvalue weighted by Crippen LogP contribution is 2.62. The lowest BCUT2D eigenvalue weighted by Crippen LogP contribution is -2.62. The van der Waals surface area contributed by atoms with Gasteiger partial charge in [0.2, 0.25) is 11.8 Å². The highest BCUT2D eigenvalue weighted by Gasteiger charge is 2.60. The number of hydrogen-bond donors (Lipinski definition) is 9. The molecule has 4 bridgehead atoms. The fraction of sp³-hybridized carbons (Fsp3) is 0.683. The van der Waals surface area contributed by atoms with E-state index in [0.717, 1.165) is 114 Å². The van der Waals surface area contributed by atoms with Crippen molar-refractivity contribution in [2.45, 2.75) is 228 Å². The fourth-order valence-corrected chi connectivity index (χ4v) is 17.8. The SMILES string of the molecule is C.C.CN(C)CCCNc1ccc(B2OC(C)(C)C(C)(C)O2)cc1.C[C@H](O)[C@@H]1[C@H](CO)ON(Cc2cccc(-c3ccc(NCCCN(C)C)cc3)c2)[C@@H]1C(=O)NC1C[C@@H]2C[C@H]([C@@H]1C)C2(C)C.C[C@H](O)[C@@H]1[C@H](CO)ON(Cc2cccc(I)c2)[C@@H]1C(=O)NC1C[C@@H]2C[C@H]([C@@H]1C)C2(C)C.OC1CCCO1. The molecule has 4 heterocycles. The summed E-state index contributed by atoms with van der Waals surface area (Å²) in [5, 5.41) is 66.7. The zero-order valence-electron chi connectivity index (χ0n) is 63.9. The van der Waals surface area contributed by atoms with Crippen LogP contribution in [0.2, 0.25) is 0 Å². The van der Waals surface area contributed by atoms with Crippen LogP contribution in [0.15, 0.2) is 97.1 Å². The molecule has 582 valence electrons. The maximum Gasteiger partial charge on any atom is 0.494 e. The van der Waals surface area contributed by atoms with Crippen molar-refractivity contribution in [2.24, 2.45) is 58.2 Å². The molecule has 10 fully saturated rings. The lowest BCUT2D eigenvalue weighted by atomic mass is 9.45. The summed E-state index contributed by atoms with van der Waals surface area (Å²) in [5.74, 6) is 2.10. The topological polar surface area (TPSA) is 243 Å². The van der Waals surface area contributed by atoms with Gasteiger partial charge in [-0.05, 0) is 267 Å². The first-order valence-electron chi connectivity index (χ1n) is 37.7. The van der Waals surface area contributed by atoms with Crippen LogP contribution in [0, 0.1) is 61.7 Å². The Hall–Kier alpha value is -4.35. The van der Waals surface area contributed by atoms with E-state index in [1.165, 1.54) is 12.8 Å². The number of benzene rings is 4. The Balaban J connectivity index is 0.000000217. The van der Waals surface area contributed by atoms with E-state index in [-0.39, 0.29) is 70.3 Å². The highest BCUT2D eigenvalue weighted by molar-refractivity contribution is 14.1. The zero-order valence-corrected chi connectivity index (χ0v) is 66.1. The van der Waals surface area contributed by atoms with Crippen LogP contribution < -0.4 is 26.7 Å². The zero-order chi connectivity index (χ0) is 74.2. The Labute approximate surface area is 638 Å². The number of anilines is 2. The van der Waals surface area contributed by atoms with E-state index in [2.05, 4.69) is 218 Å². The third-order valence-electron chi connectivity index (χ3n) is 24.4. The largest absolute Gasteiger partial charge is 0.494 e. The second-order valence-corrected chi connectivity index (χ2v) is 34.5. The number of rotatable bonds is 24. The third kappa shape index (κ3) is 21.2. The van der Waals surface area contributed by atoms with Gasteiger partial charge in [0.15, 0.2) is 6.29 Å². The van der Waals surface area contributed by atoms with Crippen molar-refractivity contribution in [3.63, 3.8) is 0 Å². The minimum atomic E-state index is -0.810. The van der Waals surface area contributed by atoms with E-state index in [1.54, 1.807) is 24.0 Å². The molecule has 9 N–H and O–H groups in total. The molecule has 4 aromatic carbocycles. The molecule has 0 radical (unpaired) electrons. The number of amides is 2. The van der Waals surface area contributed by atoms with Gasteiger partial charge in [-0.25, -0.2) is 0 Å². The van der Waals surface area contributed by atoms with Crippen molar-refractivity contribution < 1.29 is 58.8 Å². The Morgan fingerprint density at radius 3 is 1.41 bits per heavy atom. The van der Waals surface area contributed by atoms with Crippen molar-refractivity contribution in [3.05, 3.63) is 112 Å². The number of hydrogen-bond acceptors (Lipinski definition) is 18. The van der Waals surface area contributed by atoms with E-state index >= 15 is 0 Å². The molecule has 20 nitrogen and oxygen atoms in total. The van der Waals surface area contributed by atoms with Crippen LogP contribution in [0.3, 0.4) is 0 Å². The second-order valence-electron chi connectivity index (χ2n) is 33.2. The van der Waals surface area contributed by atoms with E-state index in [0.29, 0.717) is 59.4 Å². The first-order chi connectivity index (χ1) is 48.2. The number of carbonyl (C=O) groups excluding carboxylic acids is 2. The minimum absolute atomic E-state index is 0. The van der Waals surface area contributed by atoms with Crippen molar-refractivity contribution in [2.75, 3.05) is 84.8 Å². The molecule has 4 aromatic rings. The molecule has 3 unspecified atom stereocenters. The fourth-order valence-electron chi connectivity index (χ4n) is 17.1. The lowest BCUT2D eigenvalue weighted by molar-refractivity contribution is -0.183. The average Bonchev–Trinajstić information content (AvgIpc) is 1.06. The van der Waals surface area contributed by atoms with Gasteiger partial charge >= 0.3 is 7.12 Å². The number of aliphatic hydroxyl groups is 5. The van der Waals surface area contributed by atoms with Crippen LogP contribution in [0.25, 0.3) is 11.1 Å². The predicted molar refractivity (Wildman–Crippen MR) is 426 cm³/mol. The van der Waals surface area contributed by atoms with E-state index in [9.17, 15) is 30.0 Å². The molecule has 6 saturated carbocycles. The smallest absolute Gasteiger partial charge is 0.399 e. The van der Waals surface area contributed by atoms with Crippen molar-refractivity contribution >= 4 is 58.4 Å². The number of nitrogens with zero attached hydrogens (tertiary/aromatic N) is 4. The van der Waals surface area contributed by atoms with Gasteiger partial charge in [-0.2, -0.15) is 10.1 Å². The van der Waals surface area contributed by atoms with Crippen LogP contribution in [0.4, 0.5) is 11.4 Å². The Bertz CT molecular complexity index is 3290. The van der Waals surface area contributed by atoms with Crippen LogP contribution in [0.1, 0.15) is 160 Å². The van der Waals surface area contributed by atoms with Crippen molar-refractivity contribution in [1.82, 2.24) is 30.6 Å². The first-order valence-corrected chi connectivity index (χ1v) is 38.8. The summed E-state index contributed by atoms with van der Waals surface area (Å²) < 4.78 is 18.0. The van der Waals surface area contributed by atoms with Gasteiger partial charge in [0.1, 0.15) is 24.3 Å². The second kappa shape index (κ2) is 37.9. The van der Waals surface area contributed by atoms with E-state index < -0.39 is 54.6 Å². The van der Waals surface area contributed by atoms with E-state index in [1.807, 2.05) is 30.3 Å². The summed E-state index contributed by atoms with van der Waals surface area (Å²) in [6.07, 6.45) is 5.26. The Morgan fingerprint density at radius 1 is 0.615 bits per heavy atom. The molecule has 4 aliphatic heterocycles. The summed E-state index contributed by atoms with van der Waals surface area (Å²) in [5.41, 5.74) is 7.64. The highest BCUT2D eigenvalue weighted by atomic mass is 127. The summed E-state index contributed by atoms with van der Waals surface area (Å²) in [4.78, 5) is 44.1. The Morgan fingerprint density at radius 2 is 1.05 bits per heavy atom. The summed E-state index contributed by atoms with van der Waals surface area (Å²) >= 11 is 2.27. The van der Waals surface area contributed by atoms with E-state index in [4.69, 9.17) is 28.8 Å². The van der Waals surface area contributed by atoms with Crippen LogP contribution in [-0.2, 0) is 46.4 Å². The molecular formula is C82H132BIN8O12. The van der Waals surface area contributed by atoms with Gasteiger partial charge in [0, 0.05) is 65.0 Å². The molecule has 4 saturated heterocycles. The van der Waals surface area contributed by atoms with Crippen LogP contribution in [-0.4, -0.2) is 205 Å². The number of halogens is 1. The quantitative estimate of drug-likeness (QED) is 0.0180. The van der Waals surface area contributed by atoms with Gasteiger partial charge in [-0.1, -0.05) is 111 Å². The average molecular weight is 1560 g/mol. The predicted octanol–water partition coefficient (Wildman–Crippen LogP) is 11.1. The Kier molecular flexibility index (Phi) is 31.6. The van der Waals surface area contributed by atoms with Crippen LogP contribution >= 0.6 is 22.6 Å². The molecule has 14 rings (SSSR count). The third-order valence-corrected chi connectivity index (χ3v) is 25.1. The monoisotopic (exact) mass is 1560 g/mol. The molecule has 0 spiro atoms.